The van der Waals surface area contributed by atoms with Crippen molar-refractivity contribution in [3.63, 3.8) is 0 Å². The zero-order valence-electron chi connectivity index (χ0n) is 10.4. The van der Waals surface area contributed by atoms with Gasteiger partial charge in [-0.15, -0.1) is 11.3 Å². The van der Waals surface area contributed by atoms with Crippen molar-refractivity contribution in [3.05, 3.63) is 52.6 Å². The van der Waals surface area contributed by atoms with Crippen LogP contribution >= 0.6 is 11.3 Å². The number of carbonyl (C=O) groups is 1. The van der Waals surface area contributed by atoms with Crippen LogP contribution in [0.15, 0.2) is 42.0 Å². The maximum Gasteiger partial charge on any atom is 0.254 e. The number of rotatable bonds is 3. The molecule has 3 aromatic rings. The van der Waals surface area contributed by atoms with Gasteiger partial charge in [0.2, 0.25) is 0 Å². The Hall–Kier alpha value is -2.14. The van der Waals surface area contributed by atoms with E-state index in [2.05, 4.69) is 15.3 Å². The van der Waals surface area contributed by atoms with Crippen LogP contribution in [0.5, 0.6) is 0 Å². The third kappa shape index (κ3) is 2.24. The highest BCUT2D eigenvalue weighted by Crippen LogP contribution is 2.20. The first-order valence-electron chi connectivity index (χ1n) is 6.02. The number of H-pyrrole nitrogens is 1. The second-order valence-corrected chi connectivity index (χ2v) is 5.24. The van der Waals surface area contributed by atoms with Crippen LogP contribution in [0, 0.1) is 0 Å². The Bertz CT molecular complexity index is 702. The van der Waals surface area contributed by atoms with Crippen LogP contribution in [0.3, 0.4) is 0 Å². The normalized spacial score (nSPS) is 12.5. The monoisotopic (exact) mass is 271 g/mol. The summed E-state index contributed by atoms with van der Waals surface area (Å²) in [5, 5.41) is 6.72. The summed E-state index contributed by atoms with van der Waals surface area (Å²) in [4.78, 5) is 19.6. The molecule has 4 nitrogen and oxygen atoms in total. The summed E-state index contributed by atoms with van der Waals surface area (Å²) in [5.74, 6) is -0.0832. The number of aromatic amines is 1. The highest BCUT2D eigenvalue weighted by molar-refractivity contribution is 7.09. The zero-order valence-corrected chi connectivity index (χ0v) is 11.2. The van der Waals surface area contributed by atoms with Crippen molar-refractivity contribution in [2.24, 2.45) is 0 Å². The van der Waals surface area contributed by atoms with Crippen molar-refractivity contribution < 1.29 is 4.79 Å². The largest absolute Gasteiger partial charge is 0.360 e. The van der Waals surface area contributed by atoms with Crippen LogP contribution < -0.4 is 5.32 Å². The molecule has 0 aliphatic carbocycles. The molecule has 96 valence electrons. The molecule has 0 aliphatic heterocycles. The van der Waals surface area contributed by atoms with Crippen LogP contribution in [0.2, 0.25) is 0 Å². The number of thiazole rings is 1. The van der Waals surface area contributed by atoms with Gasteiger partial charge in [0.05, 0.1) is 11.6 Å². The van der Waals surface area contributed by atoms with Gasteiger partial charge in [-0.1, -0.05) is 18.2 Å². The maximum atomic E-state index is 12.3. The van der Waals surface area contributed by atoms with Crippen LogP contribution in [0.25, 0.3) is 10.9 Å². The molecular formula is C14H13N3OS. The number of para-hydroxylation sites is 1. The summed E-state index contributed by atoms with van der Waals surface area (Å²) >= 11 is 1.54. The molecule has 2 aromatic heterocycles. The molecule has 1 atom stereocenters. The molecule has 1 amide bonds. The fourth-order valence-corrected chi connectivity index (χ4v) is 2.69. The molecular weight excluding hydrogens is 258 g/mol. The van der Waals surface area contributed by atoms with Crippen molar-refractivity contribution in [1.82, 2.24) is 15.3 Å². The molecule has 0 saturated carbocycles. The Morgan fingerprint density at radius 3 is 3.05 bits per heavy atom. The summed E-state index contributed by atoms with van der Waals surface area (Å²) in [7, 11) is 0. The van der Waals surface area contributed by atoms with E-state index < -0.39 is 0 Å². The lowest BCUT2D eigenvalue weighted by Gasteiger charge is -2.10. The van der Waals surface area contributed by atoms with Gasteiger partial charge in [-0.05, 0) is 13.0 Å². The Kier molecular flexibility index (Phi) is 3.05. The van der Waals surface area contributed by atoms with Gasteiger partial charge in [0, 0.05) is 28.7 Å². The third-order valence-electron chi connectivity index (χ3n) is 3.00. The molecule has 0 spiro atoms. The minimum absolute atomic E-state index is 0.0823. The predicted molar refractivity (Wildman–Crippen MR) is 76.3 cm³/mol. The number of benzene rings is 1. The van der Waals surface area contributed by atoms with Gasteiger partial charge in [-0.25, -0.2) is 4.98 Å². The van der Waals surface area contributed by atoms with Crippen molar-refractivity contribution in [2.45, 2.75) is 13.0 Å². The Morgan fingerprint density at radius 1 is 1.42 bits per heavy atom. The van der Waals surface area contributed by atoms with Gasteiger partial charge in [0.25, 0.3) is 5.91 Å². The number of nitrogens with zero attached hydrogens (tertiary/aromatic N) is 1. The smallest absolute Gasteiger partial charge is 0.254 e. The quantitative estimate of drug-likeness (QED) is 0.769. The van der Waals surface area contributed by atoms with Crippen LogP contribution in [-0.4, -0.2) is 15.9 Å². The number of amides is 1. The van der Waals surface area contributed by atoms with E-state index in [1.165, 1.54) is 0 Å². The van der Waals surface area contributed by atoms with E-state index in [-0.39, 0.29) is 11.9 Å². The topological polar surface area (TPSA) is 57.8 Å². The first kappa shape index (κ1) is 11.9. The van der Waals surface area contributed by atoms with Crippen LogP contribution in [-0.2, 0) is 0 Å². The van der Waals surface area contributed by atoms with E-state index in [0.29, 0.717) is 5.56 Å². The molecule has 0 aliphatic rings. The van der Waals surface area contributed by atoms with Gasteiger partial charge in [-0.2, -0.15) is 0 Å². The second-order valence-electron chi connectivity index (χ2n) is 4.31. The molecule has 0 fully saturated rings. The number of fused-ring (bicyclic) bond motifs is 1. The maximum absolute atomic E-state index is 12.3. The van der Waals surface area contributed by atoms with E-state index in [9.17, 15) is 4.79 Å². The van der Waals surface area contributed by atoms with Gasteiger partial charge in [0.1, 0.15) is 5.01 Å². The number of carbonyl (C=O) groups excluding carboxylic acids is 1. The Balaban J connectivity index is 1.84. The van der Waals surface area contributed by atoms with Crippen LogP contribution in [0.1, 0.15) is 28.3 Å². The highest BCUT2D eigenvalue weighted by Gasteiger charge is 2.16. The van der Waals surface area contributed by atoms with E-state index in [0.717, 1.165) is 15.9 Å². The summed E-state index contributed by atoms with van der Waals surface area (Å²) in [6.45, 7) is 1.94. The molecule has 1 aromatic carbocycles. The van der Waals surface area contributed by atoms with Crippen molar-refractivity contribution in [3.8, 4) is 0 Å². The fourth-order valence-electron chi connectivity index (χ4n) is 2.04. The van der Waals surface area contributed by atoms with Crippen LogP contribution in [0.4, 0.5) is 0 Å². The summed E-state index contributed by atoms with van der Waals surface area (Å²) < 4.78 is 0. The number of aromatic nitrogens is 2. The summed E-state index contributed by atoms with van der Waals surface area (Å²) in [5.41, 5.74) is 1.63. The third-order valence-corrected chi connectivity index (χ3v) is 3.96. The summed E-state index contributed by atoms with van der Waals surface area (Å²) in [6.07, 6.45) is 3.49. The van der Waals surface area contributed by atoms with Gasteiger partial charge in [-0.3, -0.25) is 4.79 Å². The second kappa shape index (κ2) is 4.85. The molecule has 0 radical (unpaired) electrons. The average molecular weight is 271 g/mol. The first-order chi connectivity index (χ1) is 9.25. The minimum atomic E-state index is -0.0832. The number of hydrogen-bond donors (Lipinski definition) is 2. The van der Waals surface area contributed by atoms with E-state index in [1.807, 2.05) is 36.6 Å². The van der Waals surface area contributed by atoms with Crippen molar-refractivity contribution in [2.75, 3.05) is 0 Å². The van der Waals surface area contributed by atoms with Crippen molar-refractivity contribution >= 4 is 28.1 Å². The standard InChI is InChI=1S/C14H13N3OS/c1-9(14-15-6-7-19-14)17-13(18)11-8-16-12-5-3-2-4-10(11)12/h2-9,16H,1H3,(H,17,18). The Labute approximate surface area is 114 Å². The van der Waals surface area contributed by atoms with Gasteiger partial charge in [0.15, 0.2) is 0 Å². The molecule has 2 heterocycles. The van der Waals surface area contributed by atoms with E-state index in [1.54, 1.807) is 23.7 Å². The average Bonchev–Trinajstić information content (AvgIpc) is 3.08. The fraction of sp³-hybridized carbons (Fsp3) is 0.143. The molecule has 5 heteroatoms. The van der Waals surface area contributed by atoms with E-state index >= 15 is 0 Å². The molecule has 0 bridgehead atoms. The van der Waals surface area contributed by atoms with E-state index in [4.69, 9.17) is 0 Å². The molecule has 2 N–H and O–H groups in total. The molecule has 19 heavy (non-hydrogen) atoms. The van der Waals surface area contributed by atoms with Gasteiger partial charge >= 0.3 is 0 Å². The lowest BCUT2D eigenvalue weighted by atomic mass is 10.1. The lowest BCUT2D eigenvalue weighted by molar-refractivity contribution is 0.0941. The number of hydrogen-bond acceptors (Lipinski definition) is 3. The summed E-state index contributed by atoms with van der Waals surface area (Å²) in [6, 6.07) is 7.68. The number of nitrogens with one attached hydrogen (secondary N) is 2. The Morgan fingerprint density at radius 2 is 2.26 bits per heavy atom. The first-order valence-corrected chi connectivity index (χ1v) is 6.90. The van der Waals surface area contributed by atoms with Crippen molar-refractivity contribution in [1.29, 1.82) is 0 Å². The highest BCUT2D eigenvalue weighted by atomic mass is 32.1. The zero-order chi connectivity index (χ0) is 13.2. The SMILES string of the molecule is CC(NC(=O)c1c[nH]c2ccccc12)c1nccs1. The lowest BCUT2D eigenvalue weighted by Crippen LogP contribution is -2.26. The molecule has 1 unspecified atom stereocenters. The molecule has 3 rings (SSSR count). The predicted octanol–water partition coefficient (Wildman–Crippen LogP) is 3.12. The van der Waals surface area contributed by atoms with Gasteiger partial charge < -0.3 is 10.3 Å². The minimum Gasteiger partial charge on any atom is -0.360 e. The molecule has 0 saturated heterocycles.